The summed E-state index contributed by atoms with van der Waals surface area (Å²) in [6.07, 6.45) is 0. The molecule has 144 valence electrons. The van der Waals surface area contributed by atoms with Crippen molar-refractivity contribution in [3.8, 4) is 11.5 Å². The lowest BCUT2D eigenvalue weighted by Gasteiger charge is -2.48. The molecule has 4 heteroatoms. The summed E-state index contributed by atoms with van der Waals surface area (Å²) in [5.74, 6) is -0.440. The molecule has 0 aliphatic carbocycles. The van der Waals surface area contributed by atoms with Gasteiger partial charge < -0.3 is 9.47 Å². The number of para-hydroxylation sites is 2. The van der Waals surface area contributed by atoms with Gasteiger partial charge in [-0.15, -0.1) is 0 Å². The zero-order chi connectivity index (χ0) is 20.3. The lowest BCUT2D eigenvalue weighted by molar-refractivity contribution is -0.182. The fourth-order valence-electron chi connectivity index (χ4n) is 3.78. The second-order valence-electron chi connectivity index (χ2n) is 8.66. The number of hydrogen-bond acceptors (Lipinski definition) is 4. The van der Waals surface area contributed by atoms with Gasteiger partial charge in [-0.25, -0.2) is 0 Å². The maximum Gasteiger partial charge on any atom is 0.329 e. The molecule has 0 atom stereocenters. The van der Waals surface area contributed by atoms with E-state index in [4.69, 9.17) is 9.47 Å². The molecule has 0 fully saturated rings. The monoisotopic (exact) mass is 368 g/mol. The van der Waals surface area contributed by atoms with Gasteiger partial charge in [0.05, 0.1) is 0 Å². The maximum atomic E-state index is 13.4. The minimum absolute atomic E-state index is 0.396. The van der Waals surface area contributed by atoms with Gasteiger partial charge >= 0.3 is 11.9 Å². The molecule has 0 aliphatic heterocycles. The third-order valence-electron chi connectivity index (χ3n) is 4.77. The molecule has 0 amide bonds. The standard InChI is InChI=1S/C23H28O4/c1-21(2,3)23(22(4,5)6,19(24)26-17-13-9-7-10-14-17)20(25)27-18-15-11-8-12-16-18/h7-16H,1-6H3. The summed E-state index contributed by atoms with van der Waals surface area (Å²) in [5.41, 5.74) is -3.02. The Kier molecular flexibility index (Phi) is 5.79. The Morgan fingerprint density at radius 2 is 0.889 bits per heavy atom. The topological polar surface area (TPSA) is 52.6 Å². The van der Waals surface area contributed by atoms with Gasteiger partial charge in [0.25, 0.3) is 0 Å². The van der Waals surface area contributed by atoms with Crippen LogP contribution < -0.4 is 9.47 Å². The van der Waals surface area contributed by atoms with Crippen molar-refractivity contribution >= 4 is 11.9 Å². The van der Waals surface area contributed by atoms with Gasteiger partial charge in [0, 0.05) is 0 Å². The predicted molar refractivity (Wildman–Crippen MR) is 105 cm³/mol. The molecule has 27 heavy (non-hydrogen) atoms. The quantitative estimate of drug-likeness (QED) is 0.419. The minimum atomic E-state index is -1.52. The number of esters is 2. The van der Waals surface area contributed by atoms with Crippen LogP contribution in [0.3, 0.4) is 0 Å². The number of carbonyl (C=O) groups is 2. The molecular formula is C23H28O4. The maximum absolute atomic E-state index is 13.4. The fourth-order valence-corrected chi connectivity index (χ4v) is 3.78. The van der Waals surface area contributed by atoms with E-state index in [0.29, 0.717) is 11.5 Å². The molecule has 4 nitrogen and oxygen atoms in total. The van der Waals surface area contributed by atoms with Gasteiger partial charge in [0.15, 0.2) is 5.41 Å². The molecule has 0 saturated carbocycles. The molecule has 0 radical (unpaired) electrons. The Labute approximate surface area is 161 Å². The Hall–Kier alpha value is -2.62. The smallest absolute Gasteiger partial charge is 0.329 e. The van der Waals surface area contributed by atoms with E-state index in [2.05, 4.69) is 0 Å². The molecule has 0 aliphatic rings. The number of rotatable bonds is 4. The van der Waals surface area contributed by atoms with Crippen molar-refractivity contribution in [3.63, 3.8) is 0 Å². The van der Waals surface area contributed by atoms with Gasteiger partial charge in [0.1, 0.15) is 11.5 Å². The van der Waals surface area contributed by atoms with E-state index in [9.17, 15) is 9.59 Å². The zero-order valence-corrected chi connectivity index (χ0v) is 16.9. The molecule has 0 bridgehead atoms. The highest BCUT2D eigenvalue weighted by molar-refractivity contribution is 6.03. The second-order valence-corrected chi connectivity index (χ2v) is 8.66. The summed E-state index contributed by atoms with van der Waals surface area (Å²) >= 11 is 0. The molecule has 0 spiro atoms. The Balaban J connectivity index is 2.53. The molecule has 0 unspecified atom stereocenters. The van der Waals surface area contributed by atoms with Crippen LogP contribution in [0.4, 0.5) is 0 Å². The first-order valence-electron chi connectivity index (χ1n) is 9.05. The van der Waals surface area contributed by atoms with Crippen LogP contribution in [-0.4, -0.2) is 11.9 Å². The van der Waals surface area contributed by atoms with Crippen LogP contribution in [0.25, 0.3) is 0 Å². The van der Waals surface area contributed by atoms with Crippen LogP contribution in [0.5, 0.6) is 11.5 Å². The highest BCUT2D eigenvalue weighted by atomic mass is 16.6. The van der Waals surface area contributed by atoms with Gasteiger partial charge in [-0.3, -0.25) is 9.59 Å². The molecule has 0 heterocycles. The summed E-state index contributed by atoms with van der Waals surface area (Å²) in [5, 5.41) is 0. The lowest BCUT2D eigenvalue weighted by Crippen LogP contribution is -2.60. The molecule has 2 aromatic carbocycles. The third-order valence-corrected chi connectivity index (χ3v) is 4.77. The number of benzene rings is 2. The van der Waals surface area contributed by atoms with Crippen molar-refractivity contribution in [3.05, 3.63) is 60.7 Å². The molecule has 2 aromatic rings. The van der Waals surface area contributed by atoms with Crippen molar-refractivity contribution in [2.75, 3.05) is 0 Å². The predicted octanol–water partition coefficient (Wildman–Crippen LogP) is 5.28. The molecule has 0 aromatic heterocycles. The van der Waals surface area contributed by atoms with Gasteiger partial charge in [0.2, 0.25) is 0 Å². The van der Waals surface area contributed by atoms with E-state index in [1.807, 2.05) is 53.7 Å². The number of hydrogen-bond donors (Lipinski definition) is 0. The minimum Gasteiger partial charge on any atom is -0.426 e. The van der Waals surface area contributed by atoms with E-state index in [1.165, 1.54) is 0 Å². The summed E-state index contributed by atoms with van der Waals surface area (Å²) in [6.45, 7) is 11.1. The van der Waals surface area contributed by atoms with Gasteiger partial charge in [-0.1, -0.05) is 77.9 Å². The van der Waals surface area contributed by atoms with Crippen LogP contribution >= 0.6 is 0 Å². The van der Waals surface area contributed by atoms with Crippen LogP contribution in [0.15, 0.2) is 60.7 Å². The molecular weight excluding hydrogens is 340 g/mol. The molecule has 0 saturated heterocycles. The highest BCUT2D eigenvalue weighted by Crippen LogP contribution is 2.53. The average molecular weight is 368 g/mol. The summed E-state index contributed by atoms with van der Waals surface area (Å²) in [7, 11) is 0. The van der Waals surface area contributed by atoms with E-state index in [-0.39, 0.29) is 0 Å². The third kappa shape index (κ3) is 4.05. The largest absolute Gasteiger partial charge is 0.426 e. The normalized spacial score (nSPS) is 12.4. The van der Waals surface area contributed by atoms with E-state index in [1.54, 1.807) is 48.5 Å². The van der Waals surface area contributed by atoms with Crippen molar-refractivity contribution in [2.45, 2.75) is 41.5 Å². The summed E-state index contributed by atoms with van der Waals surface area (Å²) in [6, 6.07) is 17.5. The van der Waals surface area contributed by atoms with Gasteiger partial charge in [-0.2, -0.15) is 0 Å². The van der Waals surface area contributed by atoms with Crippen LogP contribution in [0.1, 0.15) is 41.5 Å². The number of carbonyl (C=O) groups excluding carboxylic acids is 2. The summed E-state index contributed by atoms with van der Waals surface area (Å²) < 4.78 is 11.3. The Morgan fingerprint density at radius 3 is 1.15 bits per heavy atom. The second kappa shape index (κ2) is 7.55. The van der Waals surface area contributed by atoms with Crippen molar-refractivity contribution in [1.82, 2.24) is 0 Å². The van der Waals surface area contributed by atoms with Crippen LogP contribution in [0, 0.1) is 16.2 Å². The van der Waals surface area contributed by atoms with Gasteiger partial charge in [-0.05, 0) is 35.1 Å². The SMILES string of the molecule is CC(C)(C)C(C(=O)Oc1ccccc1)(C(=O)Oc1ccccc1)C(C)(C)C. The fraction of sp³-hybridized carbons (Fsp3) is 0.391. The van der Waals surface area contributed by atoms with E-state index >= 15 is 0 Å². The van der Waals surface area contributed by atoms with Crippen LogP contribution in [-0.2, 0) is 9.59 Å². The van der Waals surface area contributed by atoms with Crippen molar-refractivity contribution < 1.29 is 19.1 Å². The first-order chi connectivity index (χ1) is 12.5. The summed E-state index contributed by atoms with van der Waals surface area (Å²) in [4.78, 5) is 26.9. The van der Waals surface area contributed by atoms with E-state index < -0.39 is 28.2 Å². The average Bonchev–Trinajstić information content (AvgIpc) is 2.54. The lowest BCUT2D eigenvalue weighted by atomic mass is 9.54. The molecule has 0 N–H and O–H groups in total. The van der Waals surface area contributed by atoms with Crippen LogP contribution in [0.2, 0.25) is 0 Å². The number of ether oxygens (including phenoxy) is 2. The highest BCUT2D eigenvalue weighted by Gasteiger charge is 2.64. The molecule has 2 rings (SSSR count). The zero-order valence-electron chi connectivity index (χ0n) is 16.9. The Morgan fingerprint density at radius 1 is 0.593 bits per heavy atom. The first-order valence-corrected chi connectivity index (χ1v) is 9.05. The Bertz CT molecular complexity index is 711. The van der Waals surface area contributed by atoms with Crippen molar-refractivity contribution in [1.29, 1.82) is 0 Å². The van der Waals surface area contributed by atoms with E-state index in [0.717, 1.165) is 0 Å². The van der Waals surface area contributed by atoms with Crippen molar-refractivity contribution in [2.24, 2.45) is 16.2 Å². The first kappa shape index (κ1) is 20.7.